The Morgan fingerprint density at radius 2 is 2.00 bits per heavy atom. The van der Waals surface area contributed by atoms with Crippen molar-refractivity contribution in [2.45, 2.75) is 32.6 Å². The van der Waals surface area contributed by atoms with Gasteiger partial charge in [0.05, 0.1) is 0 Å². The minimum atomic E-state index is 0.166. The van der Waals surface area contributed by atoms with Crippen LogP contribution in [0.1, 0.15) is 31.9 Å². The van der Waals surface area contributed by atoms with Crippen LogP contribution in [0.5, 0.6) is 0 Å². The molecule has 13 heavy (non-hydrogen) atoms. The van der Waals surface area contributed by atoms with Gasteiger partial charge in [0.2, 0.25) is 0 Å². The Morgan fingerprint density at radius 1 is 1.31 bits per heavy atom. The highest BCUT2D eigenvalue weighted by Gasteiger charge is 2.13. The molecule has 0 aliphatic rings. The number of benzene rings is 1. The molecule has 70 valence electrons. The molecule has 0 aromatic heterocycles. The molecule has 1 rings (SSSR count). The van der Waals surface area contributed by atoms with Gasteiger partial charge in [0.15, 0.2) is 0 Å². The van der Waals surface area contributed by atoms with Crippen LogP contribution in [0, 0.1) is 0 Å². The lowest BCUT2D eigenvalue weighted by Gasteiger charge is -2.19. The lowest BCUT2D eigenvalue weighted by atomic mass is 9.86. The molecule has 0 radical (unpaired) electrons. The number of carbonyl (C=O) groups is 1. The number of hydrogen-bond acceptors (Lipinski definition) is 1. The van der Waals surface area contributed by atoms with Crippen LogP contribution in [-0.4, -0.2) is 6.29 Å². The highest BCUT2D eigenvalue weighted by atomic mass is 16.1. The molecule has 0 saturated heterocycles. The van der Waals surface area contributed by atoms with Crippen LogP contribution < -0.4 is 0 Å². The maximum absolute atomic E-state index is 10.3. The van der Waals surface area contributed by atoms with E-state index in [9.17, 15) is 4.79 Å². The fraction of sp³-hybridized carbons (Fsp3) is 0.417. The summed E-state index contributed by atoms with van der Waals surface area (Å²) >= 11 is 0. The fourth-order valence-electron chi connectivity index (χ4n) is 1.26. The molecule has 0 aliphatic carbocycles. The maximum Gasteiger partial charge on any atom is 0.124 e. The van der Waals surface area contributed by atoms with Crippen LogP contribution in [0.25, 0.3) is 0 Å². The van der Waals surface area contributed by atoms with Crippen molar-refractivity contribution < 1.29 is 4.79 Å². The van der Waals surface area contributed by atoms with Gasteiger partial charge in [-0.3, -0.25) is 0 Å². The average molecular weight is 176 g/mol. The first kappa shape index (κ1) is 9.97. The molecular formula is C12H16O. The van der Waals surface area contributed by atoms with Crippen molar-refractivity contribution in [2.75, 3.05) is 0 Å². The summed E-state index contributed by atoms with van der Waals surface area (Å²) in [5.74, 6) is 0. The number of rotatable bonds is 2. The summed E-state index contributed by atoms with van der Waals surface area (Å²) in [5.41, 5.74) is 2.55. The molecule has 0 saturated carbocycles. The lowest BCUT2D eigenvalue weighted by Crippen LogP contribution is -2.11. The van der Waals surface area contributed by atoms with Gasteiger partial charge in [0, 0.05) is 6.42 Å². The molecule has 1 aromatic carbocycles. The minimum Gasteiger partial charge on any atom is -0.303 e. The Kier molecular flexibility index (Phi) is 2.86. The molecule has 0 bridgehead atoms. The first-order valence-electron chi connectivity index (χ1n) is 4.57. The van der Waals surface area contributed by atoms with Gasteiger partial charge < -0.3 is 4.79 Å². The molecule has 1 aromatic rings. The van der Waals surface area contributed by atoms with Crippen molar-refractivity contribution in [2.24, 2.45) is 0 Å². The maximum atomic E-state index is 10.3. The van der Waals surface area contributed by atoms with E-state index in [1.165, 1.54) is 5.56 Å². The van der Waals surface area contributed by atoms with Crippen LogP contribution in [-0.2, 0) is 16.6 Å². The molecule has 0 N–H and O–H groups in total. The number of aldehydes is 1. The van der Waals surface area contributed by atoms with Gasteiger partial charge in [-0.2, -0.15) is 0 Å². The highest BCUT2D eigenvalue weighted by molar-refractivity contribution is 5.55. The van der Waals surface area contributed by atoms with Crippen LogP contribution >= 0.6 is 0 Å². The largest absolute Gasteiger partial charge is 0.303 e. The van der Waals surface area contributed by atoms with Gasteiger partial charge in [-0.05, 0) is 16.5 Å². The van der Waals surface area contributed by atoms with Crippen molar-refractivity contribution >= 4 is 6.29 Å². The second kappa shape index (κ2) is 3.73. The molecule has 0 spiro atoms. The first-order valence-corrected chi connectivity index (χ1v) is 4.57. The van der Waals surface area contributed by atoms with Crippen LogP contribution in [0.3, 0.4) is 0 Å². The Morgan fingerprint density at radius 3 is 2.54 bits per heavy atom. The average Bonchev–Trinajstić information content (AvgIpc) is 2.04. The van der Waals surface area contributed by atoms with Gasteiger partial charge in [0.25, 0.3) is 0 Å². The van der Waals surface area contributed by atoms with Gasteiger partial charge in [0.1, 0.15) is 6.29 Å². The van der Waals surface area contributed by atoms with Gasteiger partial charge >= 0.3 is 0 Å². The van der Waals surface area contributed by atoms with E-state index in [-0.39, 0.29) is 5.41 Å². The molecule has 1 nitrogen and oxygen atoms in total. The minimum absolute atomic E-state index is 0.166. The van der Waals surface area contributed by atoms with Crippen molar-refractivity contribution in [1.82, 2.24) is 0 Å². The Labute approximate surface area is 79.8 Å². The Bertz CT molecular complexity index is 294. The summed E-state index contributed by atoms with van der Waals surface area (Å²) in [6.07, 6.45) is 1.46. The zero-order chi connectivity index (χ0) is 9.90. The summed E-state index contributed by atoms with van der Waals surface area (Å²) in [5, 5.41) is 0. The Balaban J connectivity index is 2.98. The van der Waals surface area contributed by atoms with E-state index in [1.54, 1.807) is 0 Å². The zero-order valence-electron chi connectivity index (χ0n) is 8.50. The van der Waals surface area contributed by atoms with E-state index in [0.717, 1.165) is 11.8 Å². The predicted octanol–water partition coefficient (Wildman–Crippen LogP) is 2.73. The standard InChI is InChI=1S/C12H16O/c1-12(2,3)11-6-4-5-10(9-11)7-8-13/h4-6,8-9H,7H2,1-3H3. The summed E-state index contributed by atoms with van der Waals surface area (Å²) < 4.78 is 0. The molecule has 0 fully saturated rings. The van der Waals surface area contributed by atoms with Crippen molar-refractivity contribution in [3.8, 4) is 0 Å². The van der Waals surface area contributed by atoms with Crippen LogP contribution in [0.2, 0.25) is 0 Å². The quantitative estimate of drug-likeness (QED) is 0.633. The molecule has 0 atom stereocenters. The van der Waals surface area contributed by atoms with Crippen molar-refractivity contribution in [3.05, 3.63) is 35.4 Å². The van der Waals surface area contributed by atoms with E-state index in [0.29, 0.717) is 6.42 Å². The van der Waals surface area contributed by atoms with E-state index >= 15 is 0 Å². The molecule has 0 aliphatic heterocycles. The monoisotopic (exact) mass is 176 g/mol. The van der Waals surface area contributed by atoms with E-state index in [2.05, 4.69) is 32.9 Å². The molecule has 1 heteroatoms. The molecule has 0 amide bonds. The van der Waals surface area contributed by atoms with E-state index in [4.69, 9.17) is 0 Å². The summed E-state index contributed by atoms with van der Waals surface area (Å²) in [6, 6.07) is 8.21. The van der Waals surface area contributed by atoms with E-state index < -0.39 is 0 Å². The number of hydrogen-bond donors (Lipinski definition) is 0. The smallest absolute Gasteiger partial charge is 0.124 e. The normalized spacial score (nSPS) is 11.3. The topological polar surface area (TPSA) is 17.1 Å². The fourth-order valence-corrected chi connectivity index (χ4v) is 1.26. The van der Waals surface area contributed by atoms with Gasteiger partial charge in [-0.1, -0.05) is 45.0 Å². The summed E-state index contributed by atoms with van der Waals surface area (Å²) in [6.45, 7) is 6.52. The summed E-state index contributed by atoms with van der Waals surface area (Å²) in [7, 11) is 0. The second-order valence-electron chi connectivity index (χ2n) is 4.32. The molecule has 0 unspecified atom stereocenters. The van der Waals surface area contributed by atoms with Crippen molar-refractivity contribution in [3.63, 3.8) is 0 Å². The Hall–Kier alpha value is -1.11. The molecule has 0 heterocycles. The SMILES string of the molecule is CC(C)(C)c1cccc(CC=O)c1. The summed E-state index contributed by atoms with van der Waals surface area (Å²) in [4.78, 5) is 10.3. The van der Waals surface area contributed by atoms with Gasteiger partial charge in [-0.25, -0.2) is 0 Å². The predicted molar refractivity (Wildman–Crippen MR) is 54.9 cm³/mol. The van der Waals surface area contributed by atoms with Crippen LogP contribution in [0.15, 0.2) is 24.3 Å². The second-order valence-corrected chi connectivity index (χ2v) is 4.32. The van der Waals surface area contributed by atoms with Gasteiger partial charge in [-0.15, -0.1) is 0 Å². The zero-order valence-corrected chi connectivity index (χ0v) is 8.50. The molecular weight excluding hydrogens is 160 g/mol. The third-order valence-corrected chi connectivity index (χ3v) is 2.11. The van der Waals surface area contributed by atoms with Crippen LogP contribution in [0.4, 0.5) is 0 Å². The third kappa shape index (κ3) is 2.69. The third-order valence-electron chi connectivity index (χ3n) is 2.11. The first-order chi connectivity index (χ1) is 6.04. The van der Waals surface area contributed by atoms with Crippen molar-refractivity contribution in [1.29, 1.82) is 0 Å². The lowest BCUT2D eigenvalue weighted by molar-refractivity contribution is -0.107. The number of carbonyl (C=O) groups excluding carboxylic acids is 1. The highest BCUT2D eigenvalue weighted by Crippen LogP contribution is 2.22. The van der Waals surface area contributed by atoms with E-state index in [1.807, 2.05) is 12.1 Å².